The van der Waals surface area contributed by atoms with Crippen LogP contribution in [0.4, 0.5) is 0 Å². The van der Waals surface area contributed by atoms with Crippen LogP contribution in [0.25, 0.3) is 0 Å². The first-order valence-electron chi connectivity index (χ1n) is 6.63. The van der Waals surface area contributed by atoms with Crippen LogP contribution in [0.3, 0.4) is 0 Å². The molecular weight excluding hydrogens is 262 g/mol. The van der Waals surface area contributed by atoms with Gasteiger partial charge in [0.25, 0.3) is 0 Å². The second-order valence-corrected chi connectivity index (χ2v) is 5.92. The highest BCUT2D eigenvalue weighted by Gasteiger charge is 2.27. The molecule has 1 aromatic rings. The van der Waals surface area contributed by atoms with Crippen molar-refractivity contribution in [2.75, 3.05) is 13.2 Å². The Bertz CT molecular complexity index is 429. The van der Waals surface area contributed by atoms with Gasteiger partial charge in [0.05, 0.1) is 12.1 Å². The molecule has 2 atom stereocenters. The molecule has 106 valence electrons. The summed E-state index contributed by atoms with van der Waals surface area (Å²) in [5.41, 5.74) is 7.02. The van der Waals surface area contributed by atoms with E-state index in [4.69, 9.17) is 10.5 Å². The van der Waals surface area contributed by atoms with Gasteiger partial charge in [-0.3, -0.25) is 4.79 Å². The Labute approximate surface area is 117 Å². The molecule has 0 saturated carbocycles. The van der Waals surface area contributed by atoms with Crippen molar-refractivity contribution in [1.82, 2.24) is 10.3 Å². The molecule has 1 fully saturated rings. The van der Waals surface area contributed by atoms with Crippen molar-refractivity contribution >= 4 is 17.2 Å². The SMILES string of the molecule is Cc1csc(C(C)NC(=O)C(N)C2CCOCC2)n1. The molecular formula is C13H21N3O2S. The number of aromatic nitrogens is 1. The molecule has 1 saturated heterocycles. The van der Waals surface area contributed by atoms with Crippen LogP contribution in [0.1, 0.15) is 36.5 Å². The molecule has 3 N–H and O–H groups in total. The molecule has 0 bridgehead atoms. The number of nitrogens with zero attached hydrogens (tertiary/aromatic N) is 1. The number of aryl methyl sites for hydroxylation is 1. The van der Waals surface area contributed by atoms with E-state index in [1.165, 1.54) is 0 Å². The number of hydrogen-bond donors (Lipinski definition) is 2. The number of nitrogens with two attached hydrogens (primary N) is 1. The summed E-state index contributed by atoms with van der Waals surface area (Å²) in [5.74, 6) is 0.131. The molecule has 2 rings (SSSR count). The van der Waals surface area contributed by atoms with E-state index in [0.29, 0.717) is 13.2 Å². The Kier molecular flexibility index (Phi) is 4.90. The molecule has 0 spiro atoms. The van der Waals surface area contributed by atoms with Gasteiger partial charge in [0.1, 0.15) is 5.01 Å². The first-order chi connectivity index (χ1) is 9.08. The van der Waals surface area contributed by atoms with E-state index in [2.05, 4.69) is 10.3 Å². The van der Waals surface area contributed by atoms with Crippen LogP contribution >= 0.6 is 11.3 Å². The summed E-state index contributed by atoms with van der Waals surface area (Å²) < 4.78 is 5.29. The van der Waals surface area contributed by atoms with E-state index < -0.39 is 6.04 Å². The average Bonchev–Trinajstić information content (AvgIpc) is 2.85. The maximum absolute atomic E-state index is 12.1. The topological polar surface area (TPSA) is 77.2 Å². The lowest BCUT2D eigenvalue weighted by atomic mass is 9.92. The molecule has 0 aromatic carbocycles. The summed E-state index contributed by atoms with van der Waals surface area (Å²) in [4.78, 5) is 16.5. The monoisotopic (exact) mass is 283 g/mol. The molecule has 2 unspecified atom stereocenters. The number of rotatable bonds is 4. The molecule has 1 aliphatic rings. The van der Waals surface area contributed by atoms with Crippen LogP contribution in [-0.4, -0.2) is 30.1 Å². The maximum Gasteiger partial charge on any atom is 0.237 e. The van der Waals surface area contributed by atoms with Gasteiger partial charge in [-0.15, -0.1) is 11.3 Å². The van der Waals surface area contributed by atoms with Crippen molar-refractivity contribution in [2.24, 2.45) is 11.7 Å². The molecule has 0 aliphatic carbocycles. The Balaban J connectivity index is 1.89. The van der Waals surface area contributed by atoms with Crippen molar-refractivity contribution in [2.45, 2.75) is 38.8 Å². The van der Waals surface area contributed by atoms with Gasteiger partial charge in [-0.25, -0.2) is 4.98 Å². The van der Waals surface area contributed by atoms with E-state index in [-0.39, 0.29) is 17.9 Å². The average molecular weight is 283 g/mol. The van der Waals surface area contributed by atoms with Gasteiger partial charge >= 0.3 is 0 Å². The second-order valence-electron chi connectivity index (χ2n) is 5.03. The number of thiazole rings is 1. The number of hydrogen-bond acceptors (Lipinski definition) is 5. The van der Waals surface area contributed by atoms with Gasteiger partial charge in [0.15, 0.2) is 0 Å². The minimum Gasteiger partial charge on any atom is -0.381 e. The highest BCUT2D eigenvalue weighted by atomic mass is 32.1. The fourth-order valence-corrected chi connectivity index (χ4v) is 3.04. The third kappa shape index (κ3) is 3.75. The number of carbonyl (C=O) groups is 1. The van der Waals surface area contributed by atoms with E-state index in [1.54, 1.807) is 11.3 Å². The molecule has 1 aromatic heterocycles. The second kappa shape index (κ2) is 6.45. The Morgan fingerprint density at radius 1 is 1.58 bits per heavy atom. The molecule has 5 nitrogen and oxygen atoms in total. The minimum absolute atomic E-state index is 0.0860. The molecule has 1 aliphatic heterocycles. The van der Waals surface area contributed by atoms with Crippen LogP contribution in [-0.2, 0) is 9.53 Å². The first kappa shape index (κ1) is 14.4. The van der Waals surface area contributed by atoms with Gasteiger partial charge in [-0.1, -0.05) is 0 Å². The van der Waals surface area contributed by atoms with Gasteiger partial charge in [0.2, 0.25) is 5.91 Å². The zero-order chi connectivity index (χ0) is 13.8. The van der Waals surface area contributed by atoms with Gasteiger partial charge in [0, 0.05) is 24.3 Å². The smallest absolute Gasteiger partial charge is 0.237 e. The van der Waals surface area contributed by atoms with E-state index in [1.807, 2.05) is 19.2 Å². The molecule has 0 radical (unpaired) electrons. The summed E-state index contributed by atoms with van der Waals surface area (Å²) in [6, 6.07) is -0.538. The van der Waals surface area contributed by atoms with E-state index >= 15 is 0 Å². The van der Waals surface area contributed by atoms with Crippen LogP contribution in [0.5, 0.6) is 0 Å². The minimum atomic E-state index is -0.451. The number of ether oxygens (including phenoxy) is 1. The predicted octanol–water partition coefficient (Wildman–Crippen LogP) is 1.38. The summed E-state index contributed by atoms with van der Waals surface area (Å²) >= 11 is 1.56. The fourth-order valence-electron chi connectivity index (χ4n) is 2.23. The zero-order valence-electron chi connectivity index (χ0n) is 11.4. The lowest BCUT2D eigenvalue weighted by molar-refractivity contribution is -0.125. The van der Waals surface area contributed by atoms with Gasteiger partial charge < -0.3 is 15.8 Å². The Morgan fingerprint density at radius 2 is 2.26 bits per heavy atom. The zero-order valence-corrected chi connectivity index (χ0v) is 12.2. The Morgan fingerprint density at radius 3 is 2.84 bits per heavy atom. The normalized spacial score (nSPS) is 19.9. The van der Waals surface area contributed by atoms with Gasteiger partial charge in [-0.05, 0) is 32.6 Å². The third-order valence-electron chi connectivity index (χ3n) is 3.44. The number of carbonyl (C=O) groups excluding carboxylic acids is 1. The standard InChI is InChI=1S/C13H21N3O2S/c1-8-7-19-13(15-8)9(2)16-12(17)11(14)10-3-5-18-6-4-10/h7,9-11H,3-6,14H2,1-2H3,(H,16,17). The van der Waals surface area contributed by atoms with E-state index in [9.17, 15) is 4.79 Å². The lowest BCUT2D eigenvalue weighted by Crippen LogP contribution is -2.47. The highest BCUT2D eigenvalue weighted by molar-refractivity contribution is 7.09. The van der Waals surface area contributed by atoms with Crippen LogP contribution in [0, 0.1) is 12.8 Å². The van der Waals surface area contributed by atoms with Crippen LogP contribution in [0.2, 0.25) is 0 Å². The largest absolute Gasteiger partial charge is 0.381 e. The van der Waals surface area contributed by atoms with Crippen molar-refractivity contribution in [3.05, 3.63) is 16.1 Å². The van der Waals surface area contributed by atoms with Gasteiger partial charge in [-0.2, -0.15) is 0 Å². The molecule has 1 amide bonds. The predicted molar refractivity (Wildman–Crippen MR) is 74.9 cm³/mol. The van der Waals surface area contributed by atoms with Crippen molar-refractivity contribution in [3.8, 4) is 0 Å². The van der Waals surface area contributed by atoms with Crippen molar-refractivity contribution in [3.63, 3.8) is 0 Å². The van der Waals surface area contributed by atoms with Crippen LogP contribution in [0.15, 0.2) is 5.38 Å². The summed E-state index contributed by atoms with van der Waals surface area (Å²) in [7, 11) is 0. The van der Waals surface area contributed by atoms with Crippen molar-refractivity contribution in [1.29, 1.82) is 0 Å². The van der Waals surface area contributed by atoms with Crippen molar-refractivity contribution < 1.29 is 9.53 Å². The summed E-state index contributed by atoms with van der Waals surface area (Å²) in [5, 5.41) is 5.85. The number of nitrogens with one attached hydrogen (secondary N) is 1. The maximum atomic E-state index is 12.1. The molecule has 2 heterocycles. The molecule has 19 heavy (non-hydrogen) atoms. The Hall–Kier alpha value is -0.980. The third-order valence-corrected chi connectivity index (χ3v) is 4.59. The van der Waals surface area contributed by atoms with Crippen LogP contribution < -0.4 is 11.1 Å². The van der Waals surface area contributed by atoms with E-state index in [0.717, 1.165) is 23.5 Å². The first-order valence-corrected chi connectivity index (χ1v) is 7.51. The summed E-state index contributed by atoms with van der Waals surface area (Å²) in [6.45, 7) is 5.29. The number of amides is 1. The fraction of sp³-hybridized carbons (Fsp3) is 0.692. The highest BCUT2D eigenvalue weighted by Crippen LogP contribution is 2.20. The quantitative estimate of drug-likeness (QED) is 0.875. The lowest BCUT2D eigenvalue weighted by Gasteiger charge is -2.27. The molecule has 6 heteroatoms. The summed E-state index contributed by atoms with van der Waals surface area (Å²) in [6.07, 6.45) is 1.72.